The highest BCUT2D eigenvalue weighted by Crippen LogP contribution is 2.28. The predicted molar refractivity (Wildman–Crippen MR) is 96.9 cm³/mol. The number of hydrogen-bond donors (Lipinski definition) is 3. The Morgan fingerprint density at radius 1 is 0.960 bits per heavy atom. The van der Waals surface area contributed by atoms with E-state index in [4.69, 9.17) is 10.8 Å². The van der Waals surface area contributed by atoms with Crippen LogP contribution in [0.5, 0.6) is 0 Å². The van der Waals surface area contributed by atoms with Gasteiger partial charge in [0.2, 0.25) is 0 Å². The molecule has 1 aromatic carbocycles. The first-order chi connectivity index (χ1) is 12.3. The van der Waals surface area contributed by atoms with Gasteiger partial charge in [0.15, 0.2) is 12.0 Å². The summed E-state index contributed by atoms with van der Waals surface area (Å²) in [6.45, 7) is 0. The number of nitrogens with zero attached hydrogens (tertiary/aromatic N) is 4. The van der Waals surface area contributed by atoms with Gasteiger partial charge in [-0.15, -0.1) is 0 Å². The highest BCUT2D eigenvalue weighted by molar-refractivity contribution is 6.20. The highest BCUT2D eigenvalue weighted by Gasteiger charge is 2.28. The summed E-state index contributed by atoms with van der Waals surface area (Å²) in [6.07, 6.45) is 3.73. The quantitative estimate of drug-likeness (QED) is 0.663. The van der Waals surface area contributed by atoms with Crippen LogP contribution in [0.15, 0.2) is 76.6 Å². The van der Waals surface area contributed by atoms with E-state index in [1.807, 2.05) is 65.3 Å². The fraction of sp³-hybridized carbons (Fsp3) is 0.0556. The van der Waals surface area contributed by atoms with Gasteiger partial charge in [-0.1, -0.05) is 36.4 Å². The smallest absolute Gasteiger partial charge is 0.158 e. The van der Waals surface area contributed by atoms with Gasteiger partial charge in [0.25, 0.3) is 0 Å². The van der Waals surface area contributed by atoms with Crippen LogP contribution in [-0.2, 0) is 0 Å². The van der Waals surface area contributed by atoms with Crippen LogP contribution in [0.2, 0.25) is 0 Å². The molecule has 0 saturated carbocycles. The van der Waals surface area contributed by atoms with E-state index in [0.717, 1.165) is 33.6 Å². The van der Waals surface area contributed by atoms with Crippen LogP contribution >= 0.6 is 0 Å². The van der Waals surface area contributed by atoms with Crippen LogP contribution < -0.4 is 16.6 Å². The maximum atomic E-state index is 5.97. The fourth-order valence-electron chi connectivity index (χ4n) is 3.16. The summed E-state index contributed by atoms with van der Waals surface area (Å²) in [5.41, 5.74) is 17.5. The minimum absolute atomic E-state index is 0.175. The zero-order chi connectivity index (χ0) is 16.8. The van der Waals surface area contributed by atoms with Crippen molar-refractivity contribution in [1.82, 2.24) is 20.5 Å². The van der Waals surface area contributed by atoms with Crippen molar-refractivity contribution in [3.05, 3.63) is 71.9 Å². The Kier molecular flexibility index (Phi) is 2.87. The highest BCUT2D eigenvalue weighted by atomic mass is 15.5. The van der Waals surface area contributed by atoms with Crippen LogP contribution in [0.4, 0.5) is 0 Å². The average Bonchev–Trinajstić information content (AvgIpc) is 3.23. The van der Waals surface area contributed by atoms with Crippen LogP contribution in [0.1, 0.15) is 5.56 Å². The zero-order valence-corrected chi connectivity index (χ0v) is 13.2. The Morgan fingerprint density at radius 2 is 1.76 bits per heavy atom. The topological polar surface area (TPSA) is 92.1 Å². The summed E-state index contributed by atoms with van der Waals surface area (Å²) in [5, 5.41) is 13.4. The van der Waals surface area contributed by atoms with Gasteiger partial charge in [0, 0.05) is 17.3 Å². The number of aromatic nitrogens is 2. The van der Waals surface area contributed by atoms with E-state index in [0.29, 0.717) is 5.84 Å². The molecule has 1 unspecified atom stereocenters. The number of amidine groups is 1. The maximum Gasteiger partial charge on any atom is 0.158 e. The summed E-state index contributed by atoms with van der Waals surface area (Å²) in [4.78, 5) is 0. The largest absolute Gasteiger partial charge is 0.382 e. The summed E-state index contributed by atoms with van der Waals surface area (Å²) in [7, 11) is 0. The van der Waals surface area contributed by atoms with Crippen molar-refractivity contribution in [2.75, 3.05) is 0 Å². The monoisotopic (exact) mass is 329 g/mol. The van der Waals surface area contributed by atoms with Gasteiger partial charge in [-0.25, -0.2) is 4.52 Å². The third kappa shape index (κ3) is 2.09. The van der Waals surface area contributed by atoms with Gasteiger partial charge in [-0.05, 0) is 18.2 Å². The molecule has 2 aromatic heterocycles. The number of nitrogens with one attached hydrogen (secondary N) is 2. The van der Waals surface area contributed by atoms with Crippen molar-refractivity contribution < 1.29 is 0 Å². The van der Waals surface area contributed by atoms with Gasteiger partial charge in [-0.3, -0.25) is 10.9 Å². The Morgan fingerprint density at radius 3 is 2.64 bits per heavy atom. The first kappa shape index (κ1) is 13.8. The van der Waals surface area contributed by atoms with Gasteiger partial charge in [0.05, 0.1) is 16.8 Å². The molecular weight excluding hydrogens is 314 g/mol. The summed E-state index contributed by atoms with van der Waals surface area (Å²) in [6, 6.07) is 16.1. The van der Waals surface area contributed by atoms with E-state index < -0.39 is 0 Å². The molecule has 7 nitrogen and oxygen atoms in total. The lowest BCUT2D eigenvalue weighted by Gasteiger charge is -2.18. The van der Waals surface area contributed by atoms with Crippen molar-refractivity contribution in [3.63, 3.8) is 0 Å². The summed E-state index contributed by atoms with van der Waals surface area (Å²) < 4.78 is 1.87. The van der Waals surface area contributed by atoms with E-state index in [1.165, 1.54) is 0 Å². The van der Waals surface area contributed by atoms with Crippen LogP contribution in [-0.4, -0.2) is 27.3 Å². The van der Waals surface area contributed by atoms with Gasteiger partial charge in [-0.2, -0.15) is 15.3 Å². The molecule has 0 bridgehead atoms. The molecule has 4 heterocycles. The van der Waals surface area contributed by atoms with E-state index in [9.17, 15) is 0 Å². The van der Waals surface area contributed by atoms with Crippen LogP contribution in [0, 0.1) is 0 Å². The molecule has 7 heteroatoms. The molecule has 0 spiro atoms. The third-order valence-corrected chi connectivity index (χ3v) is 4.37. The summed E-state index contributed by atoms with van der Waals surface area (Å²) in [5.74, 6) is 0.475. The normalized spacial score (nSPS) is 18.7. The number of fused-ring (bicyclic) bond motifs is 2. The standard InChI is InChI=1S/C18H15N7/c19-17-12-10-13(20-22-18(12)23-21-17)15-14-8-4-5-9-25(14)24-16(15)11-6-2-1-3-7-11/h1-10,18,22-23H,(H2,19,21). The Balaban J connectivity index is 1.75. The SMILES string of the molecule is NC1=NNC2NN=C(c3c(-c4ccccc4)nn4ccccc34)C=C12. The summed E-state index contributed by atoms with van der Waals surface area (Å²) >= 11 is 0. The molecule has 0 aliphatic carbocycles. The molecule has 5 rings (SSSR count). The third-order valence-electron chi connectivity index (χ3n) is 4.37. The Hall–Kier alpha value is -3.61. The van der Waals surface area contributed by atoms with Crippen molar-refractivity contribution in [2.45, 2.75) is 6.17 Å². The molecule has 2 aliphatic heterocycles. The van der Waals surface area contributed by atoms with E-state index in [2.05, 4.69) is 21.1 Å². The molecule has 2 aliphatic rings. The molecule has 4 N–H and O–H groups in total. The van der Waals surface area contributed by atoms with Crippen molar-refractivity contribution in [1.29, 1.82) is 0 Å². The van der Waals surface area contributed by atoms with Crippen LogP contribution in [0.3, 0.4) is 0 Å². The second-order valence-electron chi connectivity index (χ2n) is 5.91. The number of nitrogens with two attached hydrogens (primary N) is 1. The number of hydrazone groups is 2. The minimum atomic E-state index is -0.175. The average molecular weight is 329 g/mol. The van der Waals surface area contributed by atoms with Crippen molar-refractivity contribution in [3.8, 4) is 11.3 Å². The lowest BCUT2D eigenvalue weighted by atomic mass is 9.99. The van der Waals surface area contributed by atoms with Gasteiger partial charge in [0.1, 0.15) is 5.69 Å². The number of pyridine rings is 1. The van der Waals surface area contributed by atoms with Gasteiger partial charge >= 0.3 is 0 Å². The maximum absolute atomic E-state index is 5.97. The number of benzene rings is 1. The Labute approximate surface area is 143 Å². The lowest BCUT2D eigenvalue weighted by molar-refractivity contribution is 0.531. The lowest BCUT2D eigenvalue weighted by Crippen LogP contribution is -2.39. The number of hydrogen-bond acceptors (Lipinski definition) is 6. The molecule has 25 heavy (non-hydrogen) atoms. The van der Waals surface area contributed by atoms with E-state index in [-0.39, 0.29) is 6.17 Å². The molecule has 122 valence electrons. The van der Waals surface area contributed by atoms with Crippen molar-refractivity contribution >= 4 is 17.1 Å². The number of allylic oxidation sites excluding steroid dienone is 1. The first-order valence-corrected chi connectivity index (χ1v) is 7.98. The minimum Gasteiger partial charge on any atom is -0.382 e. The predicted octanol–water partition coefficient (Wildman–Crippen LogP) is 1.44. The van der Waals surface area contributed by atoms with Crippen LogP contribution in [0.25, 0.3) is 16.8 Å². The molecule has 0 radical (unpaired) electrons. The molecular formula is C18H15N7. The van der Waals surface area contributed by atoms with E-state index in [1.54, 1.807) is 0 Å². The second kappa shape index (κ2) is 5.20. The molecule has 3 aromatic rings. The molecule has 0 fully saturated rings. The fourth-order valence-corrected chi connectivity index (χ4v) is 3.16. The Bertz CT molecular complexity index is 1060. The first-order valence-electron chi connectivity index (χ1n) is 7.98. The van der Waals surface area contributed by atoms with Gasteiger partial charge < -0.3 is 5.73 Å². The second-order valence-corrected chi connectivity index (χ2v) is 5.91. The molecule has 1 atom stereocenters. The number of rotatable bonds is 2. The zero-order valence-electron chi connectivity index (χ0n) is 13.2. The molecule has 0 saturated heterocycles. The van der Waals surface area contributed by atoms with E-state index >= 15 is 0 Å². The molecule has 0 amide bonds. The van der Waals surface area contributed by atoms with Crippen molar-refractivity contribution in [2.24, 2.45) is 15.9 Å².